The zero-order valence-electron chi connectivity index (χ0n) is 18.8. The van der Waals surface area contributed by atoms with Gasteiger partial charge in [0.05, 0.1) is 13.8 Å². The lowest BCUT2D eigenvalue weighted by Gasteiger charge is -2.26. The van der Waals surface area contributed by atoms with E-state index < -0.39 is 29.8 Å². The van der Waals surface area contributed by atoms with Gasteiger partial charge in [-0.05, 0) is 36.5 Å². The molecule has 2 aliphatic heterocycles. The Morgan fingerprint density at radius 1 is 1.19 bits per heavy atom. The third-order valence-electron chi connectivity index (χ3n) is 5.15. The smallest absolute Gasteiger partial charge is 0.328 e. The van der Waals surface area contributed by atoms with Crippen molar-refractivity contribution >= 4 is 25.3 Å². The molecule has 10 heteroatoms. The number of fused-ring (bicyclic) bond motifs is 13. The summed E-state index contributed by atoms with van der Waals surface area (Å²) in [5.74, 6) is -1.43. The minimum Gasteiger partial charge on any atom is -0.490 e. The van der Waals surface area contributed by atoms with Gasteiger partial charge in [0.25, 0.3) is 7.48 Å². The van der Waals surface area contributed by atoms with Gasteiger partial charge in [-0.25, -0.2) is 4.79 Å². The summed E-state index contributed by atoms with van der Waals surface area (Å²) >= 11 is 0. The highest BCUT2D eigenvalue weighted by Gasteiger charge is 2.31. The van der Waals surface area contributed by atoms with Crippen LogP contribution in [0, 0.1) is 5.92 Å². The molecule has 2 bridgehead atoms. The van der Waals surface area contributed by atoms with E-state index in [-0.39, 0.29) is 32.5 Å². The average Bonchev–Trinajstić information content (AvgIpc) is 2.78. The van der Waals surface area contributed by atoms with Crippen LogP contribution in [0.25, 0.3) is 0 Å². The summed E-state index contributed by atoms with van der Waals surface area (Å²) in [4.78, 5) is 38.2. The molecule has 9 nitrogen and oxygen atoms in total. The van der Waals surface area contributed by atoms with Gasteiger partial charge in [0, 0.05) is 5.82 Å². The Hall–Kier alpha value is -2.85. The number of carbonyl (C=O) groups is 3. The molecule has 2 heterocycles. The maximum atomic E-state index is 13.1. The van der Waals surface area contributed by atoms with Crippen LogP contribution >= 0.6 is 0 Å². The number of esters is 1. The Morgan fingerprint density at radius 2 is 1.91 bits per heavy atom. The minimum absolute atomic E-state index is 0.0154. The van der Waals surface area contributed by atoms with Crippen LogP contribution in [-0.4, -0.2) is 57.8 Å². The van der Waals surface area contributed by atoms with Crippen LogP contribution in [0.1, 0.15) is 25.8 Å². The second-order valence-electron chi connectivity index (χ2n) is 7.92. The van der Waals surface area contributed by atoms with E-state index >= 15 is 0 Å². The van der Waals surface area contributed by atoms with Crippen molar-refractivity contribution in [1.82, 2.24) is 10.6 Å². The number of nitrogens with one attached hydrogen (secondary N) is 2. The van der Waals surface area contributed by atoms with Gasteiger partial charge in [0.15, 0.2) is 0 Å². The average molecular weight is 445 g/mol. The van der Waals surface area contributed by atoms with E-state index in [1.54, 1.807) is 12.2 Å². The van der Waals surface area contributed by atoms with E-state index in [1.807, 2.05) is 38.1 Å². The van der Waals surface area contributed by atoms with Crippen LogP contribution in [0.15, 0.2) is 36.4 Å². The number of rotatable bonds is 5. The number of methoxy groups -OCH3 is 1. The SMILES string of the molecule is COC(=O)[C@@H]1CC=CCOc2ccc(cc2)C[C@H](BOCN)C(=O)N[C@@H](C(C)C)C(=O)N1. The standard InChI is InChI=1S/C22H32BN3O6/c1-14(2)19-21(28)25-18(22(29)30-3)6-4-5-11-31-16-9-7-15(8-10-16)12-17(20(27)26-19)23-32-13-24/h4-5,7-10,14,17-19,23H,6,11-13,24H2,1-3H3,(H,25,28)(H,26,27)/t17-,18-,19-/m0/s1. The molecule has 0 fully saturated rings. The van der Waals surface area contributed by atoms with Crippen molar-refractivity contribution in [2.24, 2.45) is 11.7 Å². The Labute approximate surface area is 189 Å². The zero-order valence-corrected chi connectivity index (χ0v) is 18.8. The quantitative estimate of drug-likeness (QED) is 0.260. The molecule has 1 aromatic carbocycles. The summed E-state index contributed by atoms with van der Waals surface area (Å²) in [6.07, 6.45) is 4.16. The fourth-order valence-electron chi connectivity index (χ4n) is 3.31. The molecule has 2 amide bonds. The predicted molar refractivity (Wildman–Crippen MR) is 121 cm³/mol. The van der Waals surface area contributed by atoms with Gasteiger partial charge in [-0.1, -0.05) is 38.1 Å². The van der Waals surface area contributed by atoms with E-state index in [0.29, 0.717) is 18.8 Å². The first-order chi connectivity index (χ1) is 15.3. The molecule has 2 aliphatic rings. The summed E-state index contributed by atoms with van der Waals surface area (Å²) in [7, 11) is 1.37. The first kappa shape index (κ1) is 25.4. The molecule has 0 unspecified atom stereocenters. The second kappa shape index (κ2) is 12.9. The molecule has 0 spiro atoms. The highest BCUT2D eigenvalue weighted by Crippen LogP contribution is 2.19. The monoisotopic (exact) mass is 445 g/mol. The van der Waals surface area contributed by atoms with Gasteiger partial charge in [-0.15, -0.1) is 0 Å². The van der Waals surface area contributed by atoms with Crippen molar-refractivity contribution in [2.45, 2.75) is 44.6 Å². The maximum Gasteiger partial charge on any atom is 0.328 e. The minimum atomic E-state index is -0.882. The fraction of sp³-hybridized carbons (Fsp3) is 0.500. The van der Waals surface area contributed by atoms with Crippen LogP contribution in [0.3, 0.4) is 0 Å². The third kappa shape index (κ3) is 7.69. The van der Waals surface area contributed by atoms with Crippen molar-refractivity contribution in [1.29, 1.82) is 0 Å². The van der Waals surface area contributed by atoms with Crippen molar-refractivity contribution < 1.29 is 28.5 Å². The summed E-state index contributed by atoms with van der Waals surface area (Å²) < 4.78 is 15.8. The van der Waals surface area contributed by atoms with E-state index in [1.165, 1.54) is 7.11 Å². The largest absolute Gasteiger partial charge is 0.490 e. The van der Waals surface area contributed by atoms with Crippen LogP contribution < -0.4 is 21.1 Å². The first-order valence-corrected chi connectivity index (χ1v) is 10.7. The van der Waals surface area contributed by atoms with Gasteiger partial charge >= 0.3 is 5.97 Å². The number of carbonyl (C=O) groups excluding carboxylic acids is 3. The normalized spacial score (nSPS) is 22.5. The Bertz CT molecular complexity index is 799. The molecule has 0 aromatic heterocycles. The Kier molecular flexibility index (Phi) is 10.2. The molecular weight excluding hydrogens is 413 g/mol. The molecular formula is C22H32BN3O6. The number of nitrogens with two attached hydrogens (primary N) is 1. The maximum absolute atomic E-state index is 13.1. The van der Waals surface area contributed by atoms with Crippen molar-refractivity contribution in [3.63, 3.8) is 0 Å². The lowest BCUT2D eigenvalue weighted by Crippen LogP contribution is -2.54. The molecule has 0 aliphatic carbocycles. The number of benzene rings is 1. The van der Waals surface area contributed by atoms with Gasteiger partial charge in [-0.3, -0.25) is 9.59 Å². The lowest BCUT2D eigenvalue weighted by molar-refractivity contribution is -0.145. The molecule has 3 atom stereocenters. The number of ether oxygens (including phenoxy) is 2. The lowest BCUT2D eigenvalue weighted by atomic mass is 9.75. The number of hydrogen-bond donors (Lipinski definition) is 3. The summed E-state index contributed by atoms with van der Waals surface area (Å²) in [6.45, 7) is 3.93. The Morgan fingerprint density at radius 3 is 2.53 bits per heavy atom. The van der Waals surface area contributed by atoms with Gasteiger partial charge in [0.2, 0.25) is 11.8 Å². The van der Waals surface area contributed by atoms with E-state index in [2.05, 4.69) is 10.6 Å². The first-order valence-electron chi connectivity index (χ1n) is 10.7. The molecule has 4 N–H and O–H groups in total. The van der Waals surface area contributed by atoms with Crippen molar-refractivity contribution in [2.75, 3.05) is 20.4 Å². The van der Waals surface area contributed by atoms with Crippen LogP contribution in [0.4, 0.5) is 0 Å². The summed E-state index contributed by atoms with van der Waals surface area (Å²) in [6, 6.07) is 5.73. The number of hydrogen-bond acceptors (Lipinski definition) is 7. The van der Waals surface area contributed by atoms with Crippen molar-refractivity contribution in [3.8, 4) is 5.75 Å². The highest BCUT2D eigenvalue weighted by molar-refractivity contribution is 6.37. The second-order valence-corrected chi connectivity index (χ2v) is 7.92. The number of amides is 2. The van der Waals surface area contributed by atoms with E-state index in [9.17, 15) is 14.4 Å². The molecule has 32 heavy (non-hydrogen) atoms. The van der Waals surface area contributed by atoms with Gasteiger partial charge in [0.1, 0.15) is 24.4 Å². The third-order valence-corrected chi connectivity index (χ3v) is 5.15. The molecule has 0 radical (unpaired) electrons. The zero-order chi connectivity index (χ0) is 23.5. The fourth-order valence-corrected chi connectivity index (χ4v) is 3.31. The topological polar surface area (TPSA) is 129 Å². The molecule has 174 valence electrons. The predicted octanol–water partition coefficient (Wildman–Crippen LogP) is 0.439. The molecule has 0 saturated carbocycles. The molecule has 1 aromatic rings. The summed E-state index contributed by atoms with van der Waals surface area (Å²) in [5.41, 5.74) is 6.38. The molecule has 3 rings (SSSR count). The molecule has 0 saturated heterocycles. The van der Waals surface area contributed by atoms with Crippen LogP contribution in [-0.2, 0) is 30.2 Å². The summed E-state index contributed by atoms with van der Waals surface area (Å²) in [5, 5.41) is 5.52. The van der Waals surface area contributed by atoms with Gasteiger partial charge in [-0.2, -0.15) is 0 Å². The van der Waals surface area contributed by atoms with E-state index in [0.717, 1.165) is 5.56 Å². The Balaban J connectivity index is 2.33. The van der Waals surface area contributed by atoms with Crippen molar-refractivity contribution in [3.05, 3.63) is 42.0 Å². The van der Waals surface area contributed by atoms with Gasteiger partial charge < -0.3 is 30.5 Å². The van der Waals surface area contributed by atoms with E-state index in [4.69, 9.17) is 19.9 Å². The van der Waals surface area contributed by atoms with Crippen LogP contribution in [0.2, 0.25) is 5.82 Å². The van der Waals surface area contributed by atoms with Crippen LogP contribution in [0.5, 0.6) is 5.75 Å². The highest BCUT2D eigenvalue weighted by atomic mass is 16.5.